The molecule has 0 radical (unpaired) electrons. The fourth-order valence-electron chi connectivity index (χ4n) is 1.12. The molecule has 0 aromatic heterocycles. The lowest BCUT2D eigenvalue weighted by Crippen LogP contribution is -2.19. The molecule has 3 N–H and O–H groups in total. The van der Waals surface area contributed by atoms with Gasteiger partial charge in [-0.1, -0.05) is 0 Å². The van der Waals surface area contributed by atoms with Gasteiger partial charge in [0.15, 0.2) is 0 Å². The minimum atomic E-state index is -0.540. The molecule has 1 aromatic rings. The quantitative estimate of drug-likeness (QED) is 0.766. The maximum atomic E-state index is 10.5. The van der Waals surface area contributed by atoms with Crippen molar-refractivity contribution >= 4 is 17.4 Å². The molecule has 1 rings (SSSR count). The largest absolute Gasteiger partial charge is 0.375 e. The van der Waals surface area contributed by atoms with Gasteiger partial charge < -0.3 is 16.0 Å². The average Bonchev–Trinajstić information content (AvgIpc) is 2.17. The first-order valence-corrected chi connectivity index (χ1v) is 4.51. The zero-order chi connectivity index (χ0) is 10.6. The predicted octanol–water partition coefficient (Wildman–Crippen LogP) is 1.63. The first-order valence-electron chi connectivity index (χ1n) is 4.51. The molecular weight excluding hydrogens is 178 g/mol. The highest BCUT2D eigenvalue weighted by molar-refractivity contribution is 5.87. The number of hydrogen-bond acceptors (Lipinski definition) is 2. The van der Waals surface area contributed by atoms with E-state index >= 15 is 0 Å². The number of hydrogen-bond donors (Lipinski definition) is 2. The molecule has 0 saturated carbocycles. The number of nitrogens with two attached hydrogens (primary N) is 1. The number of amides is 2. The molecule has 0 heterocycles. The van der Waals surface area contributed by atoms with Crippen molar-refractivity contribution in [2.75, 3.05) is 23.8 Å². The smallest absolute Gasteiger partial charge is 0.316 e. The van der Waals surface area contributed by atoms with E-state index in [2.05, 4.69) is 17.1 Å². The summed E-state index contributed by atoms with van der Waals surface area (Å²) in [7, 11) is 2.01. The van der Waals surface area contributed by atoms with Crippen molar-refractivity contribution in [2.24, 2.45) is 5.73 Å². The van der Waals surface area contributed by atoms with Gasteiger partial charge in [0.25, 0.3) is 0 Å². The van der Waals surface area contributed by atoms with Crippen molar-refractivity contribution in [1.82, 2.24) is 0 Å². The van der Waals surface area contributed by atoms with E-state index in [-0.39, 0.29) is 0 Å². The van der Waals surface area contributed by atoms with Crippen LogP contribution in [0.25, 0.3) is 0 Å². The molecule has 2 amide bonds. The van der Waals surface area contributed by atoms with Gasteiger partial charge in [-0.25, -0.2) is 4.79 Å². The highest BCUT2D eigenvalue weighted by atomic mass is 16.2. The molecule has 1 aromatic carbocycles. The van der Waals surface area contributed by atoms with Crippen molar-refractivity contribution in [2.45, 2.75) is 6.92 Å². The second-order valence-corrected chi connectivity index (χ2v) is 3.05. The molecule has 14 heavy (non-hydrogen) atoms. The third-order valence-corrected chi connectivity index (χ3v) is 2.05. The number of nitrogens with zero attached hydrogens (tertiary/aromatic N) is 1. The van der Waals surface area contributed by atoms with E-state index in [1.807, 2.05) is 31.3 Å². The molecule has 0 fully saturated rings. The molecule has 0 spiro atoms. The van der Waals surface area contributed by atoms with Crippen LogP contribution < -0.4 is 16.0 Å². The zero-order valence-corrected chi connectivity index (χ0v) is 8.45. The van der Waals surface area contributed by atoms with Gasteiger partial charge in [0.05, 0.1) is 0 Å². The lowest BCUT2D eigenvalue weighted by atomic mass is 10.2. The molecule has 76 valence electrons. The van der Waals surface area contributed by atoms with Gasteiger partial charge in [0, 0.05) is 25.0 Å². The average molecular weight is 193 g/mol. The molecule has 0 unspecified atom stereocenters. The third-order valence-electron chi connectivity index (χ3n) is 2.05. The predicted molar refractivity (Wildman–Crippen MR) is 58.6 cm³/mol. The second kappa shape index (κ2) is 4.50. The standard InChI is InChI=1S/C10H15N3O/c1-3-13(2)9-6-4-8(5-7-9)12-10(11)14/h4-7H,3H2,1-2H3,(H3,11,12,14). The monoisotopic (exact) mass is 193 g/mol. The molecule has 0 aliphatic heterocycles. The summed E-state index contributed by atoms with van der Waals surface area (Å²) in [5.41, 5.74) is 6.82. The van der Waals surface area contributed by atoms with Crippen LogP contribution in [0.15, 0.2) is 24.3 Å². The maximum Gasteiger partial charge on any atom is 0.316 e. The van der Waals surface area contributed by atoms with Crippen LogP contribution in [0.3, 0.4) is 0 Å². The zero-order valence-electron chi connectivity index (χ0n) is 8.45. The van der Waals surface area contributed by atoms with Crippen molar-refractivity contribution < 1.29 is 4.79 Å². The van der Waals surface area contributed by atoms with E-state index in [4.69, 9.17) is 5.73 Å². The van der Waals surface area contributed by atoms with Crippen molar-refractivity contribution in [3.63, 3.8) is 0 Å². The Morgan fingerprint density at radius 3 is 2.43 bits per heavy atom. The lowest BCUT2D eigenvalue weighted by Gasteiger charge is -2.16. The molecule has 0 aliphatic rings. The van der Waals surface area contributed by atoms with Gasteiger partial charge in [0.2, 0.25) is 0 Å². The SMILES string of the molecule is CCN(C)c1ccc(NC(N)=O)cc1. The Morgan fingerprint density at radius 2 is 2.00 bits per heavy atom. The Hall–Kier alpha value is -1.71. The summed E-state index contributed by atoms with van der Waals surface area (Å²) in [5, 5.41) is 2.51. The van der Waals surface area contributed by atoms with Crippen molar-refractivity contribution in [1.29, 1.82) is 0 Å². The van der Waals surface area contributed by atoms with Gasteiger partial charge in [-0.15, -0.1) is 0 Å². The van der Waals surface area contributed by atoms with Crippen LogP contribution in [-0.2, 0) is 0 Å². The van der Waals surface area contributed by atoms with E-state index in [9.17, 15) is 4.79 Å². The van der Waals surface area contributed by atoms with Gasteiger partial charge >= 0.3 is 6.03 Å². The van der Waals surface area contributed by atoms with Crippen molar-refractivity contribution in [3.05, 3.63) is 24.3 Å². The van der Waals surface area contributed by atoms with Crippen LogP contribution in [0.4, 0.5) is 16.2 Å². The van der Waals surface area contributed by atoms with Crippen LogP contribution in [0.1, 0.15) is 6.92 Å². The Labute approximate surface area is 83.7 Å². The fourth-order valence-corrected chi connectivity index (χ4v) is 1.12. The summed E-state index contributed by atoms with van der Waals surface area (Å²) in [4.78, 5) is 12.6. The lowest BCUT2D eigenvalue weighted by molar-refractivity contribution is 0.259. The van der Waals surface area contributed by atoms with Crippen LogP contribution in [0.5, 0.6) is 0 Å². The number of benzene rings is 1. The number of primary amides is 1. The van der Waals surface area contributed by atoms with Crippen molar-refractivity contribution in [3.8, 4) is 0 Å². The topological polar surface area (TPSA) is 58.4 Å². The van der Waals surface area contributed by atoms with Gasteiger partial charge in [-0.2, -0.15) is 0 Å². The number of carbonyl (C=O) groups excluding carboxylic acids is 1. The first kappa shape index (κ1) is 10.4. The summed E-state index contributed by atoms with van der Waals surface area (Å²) >= 11 is 0. The van der Waals surface area contributed by atoms with E-state index < -0.39 is 6.03 Å². The molecule has 0 aliphatic carbocycles. The maximum absolute atomic E-state index is 10.5. The first-order chi connectivity index (χ1) is 6.63. The number of urea groups is 1. The van der Waals surface area contributed by atoms with Crippen LogP contribution in [0.2, 0.25) is 0 Å². The molecule has 0 bridgehead atoms. The Morgan fingerprint density at radius 1 is 1.43 bits per heavy atom. The van der Waals surface area contributed by atoms with E-state index in [0.29, 0.717) is 5.69 Å². The Balaban J connectivity index is 2.73. The molecule has 0 atom stereocenters. The van der Waals surface area contributed by atoms with Gasteiger partial charge in [-0.3, -0.25) is 0 Å². The number of nitrogens with one attached hydrogen (secondary N) is 1. The Bertz CT molecular complexity index is 308. The Kier molecular flexibility index (Phi) is 3.34. The molecular formula is C10H15N3O. The van der Waals surface area contributed by atoms with E-state index in [1.54, 1.807) is 0 Å². The highest BCUT2D eigenvalue weighted by Crippen LogP contribution is 2.16. The molecule has 4 heteroatoms. The number of carbonyl (C=O) groups is 1. The van der Waals surface area contributed by atoms with Gasteiger partial charge in [0.1, 0.15) is 0 Å². The molecule has 0 saturated heterocycles. The van der Waals surface area contributed by atoms with Gasteiger partial charge in [-0.05, 0) is 31.2 Å². The minimum Gasteiger partial charge on any atom is -0.375 e. The minimum absolute atomic E-state index is 0.540. The number of anilines is 2. The highest BCUT2D eigenvalue weighted by Gasteiger charge is 1.98. The van der Waals surface area contributed by atoms with Crippen LogP contribution >= 0.6 is 0 Å². The summed E-state index contributed by atoms with van der Waals surface area (Å²) < 4.78 is 0. The third kappa shape index (κ3) is 2.65. The fraction of sp³-hybridized carbons (Fsp3) is 0.300. The normalized spacial score (nSPS) is 9.57. The van der Waals surface area contributed by atoms with E-state index in [1.165, 1.54) is 0 Å². The second-order valence-electron chi connectivity index (χ2n) is 3.05. The van der Waals surface area contributed by atoms with Crippen LogP contribution in [0, 0.1) is 0 Å². The summed E-state index contributed by atoms with van der Waals surface area (Å²) in [6.45, 7) is 3.03. The number of rotatable bonds is 3. The summed E-state index contributed by atoms with van der Waals surface area (Å²) in [5.74, 6) is 0. The molecule has 4 nitrogen and oxygen atoms in total. The van der Waals surface area contributed by atoms with Crippen LogP contribution in [-0.4, -0.2) is 19.6 Å². The van der Waals surface area contributed by atoms with E-state index in [0.717, 1.165) is 12.2 Å². The summed E-state index contributed by atoms with van der Waals surface area (Å²) in [6.07, 6.45) is 0. The summed E-state index contributed by atoms with van der Waals surface area (Å²) in [6, 6.07) is 6.99.